The summed E-state index contributed by atoms with van der Waals surface area (Å²) in [5, 5.41) is 12.9. The zero-order valence-electron chi connectivity index (χ0n) is 12.5. The lowest BCUT2D eigenvalue weighted by atomic mass is 9.85. The fraction of sp³-hybridized carbons (Fsp3) is 0.529. The first kappa shape index (κ1) is 16.0. The number of nitrogens with one attached hydrogen (secondary N) is 1. The van der Waals surface area contributed by atoms with Gasteiger partial charge in [0.15, 0.2) is 0 Å². The number of anilines is 1. The predicted molar refractivity (Wildman–Crippen MR) is 82.7 cm³/mol. The molecule has 3 unspecified atom stereocenters. The van der Waals surface area contributed by atoms with E-state index in [1.807, 2.05) is 0 Å². The highest BCUT2D eigenvalue weighted by Crippen LogP contribution is 2.25. The lowest BCUT2D eigenvalue weighted by Gasteiger charge is -2.25. The summed E-state index contributed by atoms with van der Waals surface area (Å²) in [6.07, 6.45) is 6.04. The minimum atomic E-state index is -0.565. The third-order valence-corrected chi connectivity index (χ3v) is 3.95. The molecule has 0 saturated heterocycles. The van der Waals surface area contributed by atoms with Crippen LogP contribution in [0.1, 0.15) is 19.8 Å². The molecule has 116 valence electrons. The van der Waals surface area contributed by atoms with Gasteiger partial charge in [0, 0.05) is 12.2 Å². The largest absolute Gasteiger partial charge is 0.389 e. The van der Waals surface area contributed by atoms with E-state index in [1.54, 1.807) is 12.1 Å². The predicted octanol–water partition coefficient (Wildman–Crippen LogP) is 3.22. The fourth-order valence-electron chi connectivity index (χ4n) is 2.46. The number of allylic oxidation sites excluding steroid dienone is 2. The lowest BCUT2D eigenvalue weighted by molar-refractivity contribution is 0.0175. The van der Waals surface area contributed by atoms with Crippen LogP contribution in [0.25, 0.3) is 0 Å². The van der Waals surface area contributed by atoms with E-state index in [0.717, 1.165) is 18.5 Å². The highest BCUT2D eigenvalue weighted by molar-refractivity contribution is 5.42. The van der Waals surface area contributed by atoms with Crippen LogP contribution in [0.15, 0.2) is 36.4 Å². The SMILES string of the molecule is CC1CC=CCC1COCC(O)CNc1ccc(F)cc1. The highest BCUT2D eigenvalue weighted by atomic mass is 19.1. The van der Waals surface area contributed by atoms with Gasteiger partial charge in [-0.2, -0.15) is 0 Å². The van der Waals surface area contributed by atoms with Crippen molar-refractivity contribution >= 4 is 5.69 Å². The van der Waals surface area contributed by atoms with Crippen molar-refractivity contribution in [3.05, 3.63) is 42.2 Å². The quantitative estimate of drug-likeness (QED) is 0.759. The molecule has 0 amide bonds. The molecule has 0 spiro atoms. The van der Waals surface area contributed by atoms with Gasteiger partial charge in [0.2, 0.25) is 0 Å². The van der Waals surface area contributed by atoms with Gasteiger partial charge in [0.1, 0.15) is 5.82 Å². The van der Waals surface area contributed by atoms with Gasteiger partial charge < -0.3 is 15.2 Å². The molecular formula is C17H24FNO2. The minimum absolute atomic E-state index is 0.264. The first-order valence-corrected chi connectivity index (χ1v) is 7.55. The topological polar surface area (TPSA) is 41.5 Å². The molecule has 4 heteroatoms. The van der Waals surface area contributed by atoms with E-state index in [4.69, 9.17) is 4.74 Å². The second-order valence-corrected chi connectivity index (χ2v) is 5.76. The molecule has 3 nitrogen and oxygen atoms in total. The van der Waals surface area contributed by atoms with Crippen LogP contribution in [0, 0.1) is 17.7 Å². The Kier molecular flexibility index (Phi) is 6.21. The summed E-state index contributed by atoms with van der Waals surface area (Å²) >= 11 is 0. The van der Waals surface area contributed by atoms with E-state index in [2.05, 4.69) is 24.4 Å². The van der Waals surface area contributed by atoms with E-state index >= 15 is 0 Å². The summed E-state index contributed by atoms with van der Waals surface area (Å²) in [5.41, 5.74) is 0.793. The molecule has 0 saturated carbocycles. The Morgan fingerprint density at radius 1 is 1.29 bits per heavy atom. The van der Waals surface area contributed by atoms with Crippen molar-refractivity contribution < 1.29 is 14.2 Å². The fourth-order valence-corrected chi connectivity index (χ4v) is 2.46. The van der Waals surface area contributed by atoms with Gasteiger partial charge in [-0.25, -0.2) is 4.39 Å². The molecule has 0 radical (unpaired) electrons. The average Bonchev–Trinajstić information content (AvgIpc) is 2.49. The molecular weight excluding hydrogens is 269 g/mol. The lowest BCUT2D eigenvalue weighted by Crippen LogP contribution is -2.27. The number of aliphatic hydroxyl groups is 1. The molecule has 0 heterocycles. The van der Waals surface area contributed by atoms with Crippen molar-refractivity contribution in [3.63, 3.8) is 0 Å². The van der Waals surface area contributed by atoms with Crippen molar-refractivity contribution in [2.75, 3.05) is 25.1 Å². The summed E-state index contributed by atoms with van der Waals surface area (Å²) in [4.78, 5) is 0. The van der Waals surface area contributed by atoms with Crippen molar-refractivity contribution in [3.8, 4) is 0 Å². The molecule has 1 aliphatic rings. The van der Waals surface area contributed by atoms with Crippen molar-refractivity contribution in [2.24, 2.45) is 11.8 Å². The van der Waals surface area contributed by atoms with Crippen LogP contribution < -0.4 is 5.32 Å². The zero-order chi connectivity index (χ0) is 15.1. The van der Waals surface area contributed by atoms with E-state index in [-0.39, 0.29) is 5.82 Å². The van der Waals surface area contributed by atoms with Crippen LogP contribution in [0.2, 0.25) is 0 Å². The molecule has 0 aromatic heterocycles. The van der Waals surface area contributed by atoms with Crippen LogP contribution in [0.4, 0.5) is 10.1 Å². The van der Waals surface area contributed by atoms with E-state index in [0.29, 0.717) is 31.6 Å². The summed E-state index contributed by atoms with van der Waals surface area (Å²) < 4.78 is 18.4. The van der Waals surface area contributed by atoms with Crippen molar-refractivity contribution in [1.82, 2.24) is 0 Å². The molecule has 2 rings (SSSR count). The molecule has 1 aromatic rings. The normalized spacial score (nSPS) is 23.0. The number of halogens is 1. The van der Waals surface area contributed by atoms with E-state index in [1.165, 1.54) is 12.1 Å². The van der Waals surface area contributed by atoms with Crippen molar-refractivity contribution in [1.29, 1.82) is 0 Å². The Morgan fingerprint density at radius 3 is 2.71 bits per heavy atom. The Hall–Kier alpha value is -1.39. The first-order valence-electron chi connectivity index (χ1n) is 7.55. The molecule has 3 atom stereocenters. The number of ether oxygens (including phenoxy) is 1. The van der Waals surface area contributed by atoms with Crippen LogP contribution in [0.3, 0.4) is 0 Å². The molecule has 21 heavy (non-hydrogen) atoms. The monoisotopic (exact) mass is 293 g/mol. The summed E-state index contributed by atoms with van der Waals surface area (Å²) in [6, 6.07) is 6.09. The number of benzene rings is 1. The summed E-state index contributed by atoms with van der Waals surface area (Å²) in [7, 11) is 0. The third-order valence-electron chi connectivity index (χ3n) is 3.95. The minimum Gasteiger partial charge on any atom is -0.389 e. The number of rotatable bonds is 7. The third kappa shape index (κ3) is 5.48. The van der Waals surface area contributed by atoms with Crippen LogP contribution in [-0.2, 0) is 4.74 Å². The zero-order valence-corrected chi connectivity index (χ0v) is 12.5. The standard InChI is InChI=1S/C17H24FNO2/c1-13-4-2-3-5-14(13)11-21-12-17(20)10-19-16-8-6-15(18)7-9-16/h2-3,6-9,13-14,17,19-20H,4-5,10-12H2,1H3. The van der Waals surface area contributed by atoms with E-state index in [9.17, 15) is 9.50 Å². The molecule has 1 aromatic carbocycles. The smallest absolute Gasteiger partial charge is 0.123 e. The van der Waals surface area contributed by atoms with Crippen LogP contribution in [-0.4, -0.2) is 31.0 Å². The Balaban J connectivity index is 1.62. The maximum atomic E-state index is 12.8. The molecule has 0 fully saturated rings. The molecule has 1 aliphatic carbocycles. The number of hydrogen-bond donors (Lipinski definition) is 2. The number of hydrogen-bond acceptors (Lipinski definition) is 3. The van der Waals surface area contributed by atoms with Gasteiger partial charge in [-0.15, -0.1) is 0 Å². The van der Waals surface area contributed by atoms with Gasteiger partial charge in [-0.3, -0.25) is 0 Å². The average molecular weight is 293 g/mol. The second kappa shape index (κ2) is 8.15. The maximum absolute atomic E-state index is 12.8. The second-order valence-electron chi connectivity index (χ2n) is 5.76. The van der Waals surface area contributed by atoms with Gasteiger partial charge in [0.05, 0.1) is 19.3 Å². The Morgan fingerprint density at radius 2 is 2.00 bits per heavy atom. The Bertz CT molecular complexity index is 447. The van der Waals surface area contributed by atoms with Gasteiger partial charge in [0.25, 0.3) is 0 Å². The molecule has 0 bridgehead atoms. The van der Waals surface area contributed by atoms with Crippen LogP contribution in [0.5, 0.6) is 0 Å². The van der Waals surface area contributed by atoms with Crippen LogP contribution >= 0.6 is 0 Å². The van der Waals surface area contributed by atoms with Crippen molar-refractivity contribution in [2.45, 2.75) is 25.9 Å². The van der Waals surface area contributed by atoms with E-state index < -0.39 is 6.10 Å². The summed E-state index contributed by atoms with van der Waals surface area (Å²) in [5.74, 6) is 0.928. The highest BCUT2D eigenvalue weighted by Gasteiger charge is 2.18. The maximum Gasteiger partial charge on any atom is 0.123 e. The molecule has 0 aliphatic heterocycles. The van der Waals surface area contributed by atoms with Gasteiger partial charge >= 0.3 is 0 Å². The van der Waals surface area contributed by atoms with Gasteiger partial charge in [-0.05, 0) is 48.9 Å². The molecule has 2 N–H and O–H groups in total. The first-order chi connectivity index (χ1) is 10.1. The summed E-state index contributed by atoms with van der Waals surface area (Å²) in [6.45, 7) is 3.65. The Labute approximate surface area is 125 Å². The van der Waals surface area contributed by atoms with Gasteiger partial charge in [-0.1, -0.05) is 19.1 Å². The number of aliphatic hydroxyl groups excluding tert-OH is 1.